The molecule has 0 unspecified atom stereocenters. The van der Waals surface area contributed by atoms with Crippen molar-refractivity contribution in [2.75, 3.05) is 20.8 Å². The van der Waals surface area contributed by atoms with E-state index in [-0.39, 0.29) is 18.1 Å². The van der Waals surface area contributed by atoms with E-state index in [0.29, 0.717) is 12.0 Å². The molecule has 8 heteroatoms. The number of carbonyl (C=O) groups is 3. The van der Waals surface area contributed by atoms with Gasteiger partial charge in [0.15, 0.2) is 18.2 Å². The van der Waals surface area contributed by atoms with Crippen LogP contribution in [0.25, 0.3) is 0 Å². The van der Waals surface area contributed by atoms with Crippen molar-refractivity contribution >= 4 is 17.8 Å². The van der Waals surface area contributed by atoms with Gasteiger partial charge >= 0.3 is 11.9 Å². The van der Waals surface area contributed by atoms with Crippen LogP contribution in [0.4, 0.5) is 4.39 Å². The number of halogens is 1. The van der Waals surface area contributed by atoms with Crippen molar-refractivity contribution in [2.45, 2.75) is 32.7 Å². The smallest absolute Gasteiger partial charge is 0.328 e. The molecule has 0 saturated heterocycles. The zero-order valence-electron chi connectivity index (χ0n) is 15.3. The molecule has 0 aromatic heterocycles. The fourth-order valence-corrected chi connectivity index (χ4v) is 2.25. The third-order valence-electron chi connectivity index (χ3n) is 3.46. The molecule has 1 rings (SSSR count). The lowest BCUT2D eigenvalue weighted by Gasteiger charge is -2.18. The molecule has 1 amide bonds. The van der Waals surface area contributed by atoms with Gasteiger partial charge in [-0.05, 0) is 30.0 Å². The van der Waals surface area contributed by atoms with E-state index in [4.69, 9.17) is 9.47 Å². The number of benzene rings is 1. The second kappa shape index (κ2) is 10.4. The lowest BCUT2D eigenvalue weighted by Crippen LogP contribution is -2.44. The van der Waals surface area contributed by atoms with Crippen molar-refractivity contribution in [3.63, 3.8) is 0 Å². The molecule has 1 aromatic rings. The monoisotopic (exact) mass is 369 g/mol. The molecular weight excluding hydrogens is 345 g/mol. The fraction of sp³-hybridized carbons (Fsp3) is 0.500. The molecule has 0 aliphatic rings. The molecule has 0 bridgehead atoms. The predicted octanol–water partition coefficient (Wildman–Crippen LogP) is 1.62. The van der Waals surface area contributed by atoms with Crippen LogP contribution < -0.4 is 10.1 Å². The summed E-state index contributed by atoms with van der Waals surface area (Å²) in [5.41, 5.74) is 0.390. The van der Waals surface area contributed by atoms with Crippen LogP contribution in [-0.2, 0) is 30.3 Å². The summed E-state index contributed by atoms with van der Waals surface area (Å²) in [5.74, 6) is -2.23. The molecule has 0 aliphatic carbocycles. The van der Waals surface area contributed by atoms with E-state index < -0.39 is 36.3 Å². The molecule has 1 atom stereocenters. The molecule has 0 saturated carbocycles. The van der Waals surface area contributed by atoms with Gasteiger partial charge in [0, 0.05) is 0 Å². The summed E-state index contributed by atoms with van der Waals surface area (Å²) in [6.07, 6.45) is 0.206. The first-order chi connectivity index (χ1) is 12.3. The van der Waals surface area contributed by atoms with Gasteiger partial charge in [0.1, 0.15) is 6.04 Å². The number of methoxy groups -OCH3 is 2. The molecule has 1 N–H and O–H groups in total. The number of hydrogen-bond acceptors (Lipinski definition) is 6. The Morgan fingerprint density at radius 1 is 1.19 bits per heavy atom. The molecule has 26 heavy (non-hydrogen) atoms. The van der Waals surface area contributed by atoms with Crippen LogP contribution in [-0.4, -0.2) is 44.7 Å². The molecular formula is C18H24FNO6. The van der Waals surface area contributed by atoms with Crippen LogP contribution in [0.3, 0.4) is 0 Å². The molecule has 0 heterocycles. The first-order valence-electron chi connectivity index (χ1n) is 8.12. The largest absolute Gasteiger partial charge is 0.494 e. The molecule has 1 aromatic carbocycles. The normalized spacial score (nSPS) is 11.6. The summed E-state index contributed by atoms with van der Waals surface area (Å²) < 4.78 is 27.9. The van der Waals surface area contributed by atoms with Gasteiger partial charge in [-0.1, -0.05) is 19.9 Å². The van der Waals surface area contributed by atoms with Crippen LogP contribution in [0.5, 0.6) is 5.75 Å². The highest BCUT2D eigenvalue weighted by Gasteiger charge is 2.23. The van der Waals surface area contributed by atoms with Crippen molar-refractivity contribution in [3.8, 4) is 5.75 Å². The minimum Gasteiger partial charge on any atom is -0.494 e. The van der Waals surface area contributed by atoms with Crippen molar-refractivity contribution < 1.29 is 33.0 Å². The van der Waals surface area contributed by atoms with Crippen LogP contribution >= 0.6 is 0 Å². The summed E-state index contributed by atoms with van der Waals surface area (Å²) in [4.78, 5) is 35.3. The summed E-state index contributed by atoms with van der Waals surface area (Å²) >= 11 is 0. The highest BCUT2D eigenvalue weighted by molar-refractivity contribution is 5.86. The van der Waals surface area contributed by atoms with Crippen molar-refractivity contribution in [2.24, 2.45) is 5.92 Å². The molecule has 7 nitrogen and oxygen atoms in total. The summed E-state index contributed by atoms with van der Waals surface area (Å²) in [5, 5.41) is 2.48. The van der Waals surface area contributed by atoms with Crippen molar-refractivity contribution in [3.05, 3.63) is 29.6 Å². The van der Waals surface area contributed by atoms with E-state index in [0.717, 1.165) is 6.07 Å². The van der Waals surface area contributed by atoms with E-state index in [1.54, 1.807) is 0 Å². The second-order valence-corrected chi connectivity index (χ2v) is 6.08. The number of esters is 2. The van der Waals surface area contributed by atoms with Gasteiger partial charge in [0.2, 0.25) is 0 Å². The van der Waals surface area contributed by atoms with Crippen LogP contribution in [0.2, 0.25) is 0 Å². The highest BCUT2D eigenvalue weighted by Crippen LogP contribution is 2.18. The average Bonchev–Trinajstić information content (AvgIpc) is 2.58. The standard InChI is InChI=1S/C18H24FNO6/c1-11(2)7-14(18(23)25-4)20-16(21)10-26-17(22)9-12-5-6-15(24-3)13(19)8-12/h5-6,8,11,14H,7,9-10H2,1-4H3,(H,20,21)/t14-/m1/s1. The third-order valence-corrected chi connectivity index (χ3v) is 3.46. The van der Waals surface area contributed by atoms with E-state index >= 15 is 0 Å². The predicted molar refractivity (Wildman–Crippen MR) is 91.0 cm³/mol. The van der Waals surface area contributed by atoms with Crippen molar-refractivity contribution in [1.82, 2.24) is 5.32 Å². The second-order valence-electron chi connectivity index (χ2n) is 6.08. The van der Waals surface area contributed by atoms with Gasteiger partial charge in [-0.25, -0.2) is 9.18 Å². The lowest BCUT2D eigenvalue weighted by molar-refractivity contribution is -0.150. The number of hydrogen-bond donors (Lipinski definition) is 1. The van der Waals surface area contributed by atoms with Gasteiger partial charge < -0.3 is 19.5 Å². The Morgan fingerprint density at radius 2 is 1.88 bits per heavy atom. The molecule has 0 spiro atoms. The van der Waals surface area contributed by atoms with Gasteiger partial charge in [0.05, 0.1) is 20.6 Å². The zero-order chi connectivity index (χ0) is 19.7. The topological polar surface area (TPSA) is 90.9 Å². The zero-order valence-corrected chi connectivity index (χ0v) is 15.3. The maximum absolute atomic E-state index is 13.6. The summed E-state index contributed by atoms with van der Waals surface area (Å²) in [6.45, 7) is 3.26. The molecule has 144 valence electrons. The summed E-state index contributed by atoms with van der Waals surface area (Å²) in [6, 6.07) is 3.29. The highest BCUT2D eigenvalue weighted by atomic mass is 19.1. The Kier molecular flexibility index (Phi) is 8.54. The lowest BCUT2D eigenvalue weighted by atomic mass is 10.0. The quantitative estimate of drug-likeness (QED) is 0.665. The fourth-order valence-electron chi connectivity index (χ4n) is 2.25. The number of rotatable bonds is 9. The SMILES string of the molecule is COC(=O)[C@@H](CC(C)C)NC(=O)COC(=O)Cc1ccc(OC)c(F)c1. The molecule has 0 fully saturated rings. The van der Waals surface area contributed by atoms with Crippen LogP contribution in [0.15, 0.2) is 18.2 Å². The number of carbonyl (C=O) groups excluding carboxylic acids is 3. The maximum Gasteiger partial charge on any atom is 0.328 e. The van der Waals surface area contributed by atoms with Gasteiger partial charge in [0.25, 0.3) is 5.91 Å². The van der Waals surface area contributed by atoms with E-state index in [2.05, 4.69) is 10.1 Å². The number of amides is 1. The van der Waals surface area contributed by atoms with Gasteiger partial charge in [-0.3, -0.25) is 9.59 Å². The third kappa shape index (κ3) is 7.08. The Morgan fingerprint density at radius 3 is 2.42 bits per heavy atom. The van der Waals surface area contributed by atoms with Crippen LogP contribution in [0.1, 0.15) is 25.8 Å². The Hall–Kier alpha value is -2.64. The van der Waals surface area contributed by atoms with Gasteiger partial charge in [-0.2, -0.15) is 0 Å². The Labute approximate surface area is 151 Å². The summed E-state index contributed by atoms with van der Waals surface area (Å²) in [7, 11) is 2.57. The molecule has 0 aliphatic heterocycles. The minimum atomic E-state index is -0.804. The first kappa shape index (κ1) is 21.4. The Balaban J connectivity index is 2.51. The van der Waals surface area contributed by atoms with E-state index in [9.17, 15) is 18.8 Å². The van der Waals surface area contributed by atoms with E-state index in [1.165, 1.54) is 26.4 Å². The number of ether oxygens (including phenoxy) is 3. The maximum atomic E-state index is 13.6. The number of nitrogens with one attached hydrogen (secondary N) is 1. The first-order valence-corrected chi connectivity index (χ1v) is 8.12. The minimum absolute atomic E-state index is 0.0699. The van der Waals surface area contributed by atoms with E-state index in [1.807, 2.05) is 13.8 Å². The van der Waals surface area contributed by atoms with Crippen molar-refractivity contribution in [1.29, 1.82) is 0 Å². The Bertz CT molecular complexity index is 647. The van der Waals surface area contributed by atoms with Gasteiger partial charge in [-0.15, -0.1) is 0 Å². The average molecular weight is 369 g/mol. The van der Waals surface area contributed by atoms with Crippen LogP contribution in [0, 0.1) is 11.7 Å². The molecule has 0 radical (unpaired) electrons.